The van der Waals surface area contributed by atoms with Crippen LogP contribution < -0.4 is 0 Å². The van der Waals surface area contributed by atoms with Crippen LogP contribution in [0.25, 0.3) is 0 Å². The van der Waals surface area contributed by atoms with E-state index in [-0.39, 0.29) is 0 Å². The lowest BCUT2D eigenvalue weighted by molar-refractivity contribution is 1.24. The van der Waals surface area contributed by atoms with Gasteiger partial charge in [0.25, 0.3) is 0 Å². The van der Waals surface area contributed by atoms with E-state index in [1.807, 2.05) is 23.9 Å². The maximum atomic E-state index is 3.79. The molecular formula is C10H12S. The molecule has 58 valence electrons. The molecule has 0 aromatic heterocycles. The molecular weight excluding hydrogens is 152 g/mol. The van der Waals surface area contributed by atoms with E-state index in [2.05, 4.69) is 25.1 Å². The zero-order valence-corrected chi connectivity index (χ0v) is 7.36. The van der Waals surface area contributed by atoms with Gasteiger partial charge in [0.15, 0.2) is 0 Å². The van der Waals surface area contributed by atoms with Crippen molar-refractivity contribution in [1.82, 2.24) is 0 Å². The van der Waals surface area contributed by atoms with Gasteiger partial charge in [-0.3, -0.25) is 0 Å². The summed E-state index contributed by atoms with van der Waals surface area (Å²) in [6.45, 7) is 3.79. The summed E-state index contributed by atoms with van der Waals surface area (Å²) in [5, 5.41) is 0. The number of hydrogen-bond donors (Lipinski definition) is 0. The summed E-state index contributed by atoms with van der Waals surface area (Å²) in [5.74, 6) is 2.25. The summed E-state index contributed by atoms with van der Waals surface area (Å²) in [7, 11) is 0. The van der Waals surface area contributed by atoms with Gasteiger partial charge in [-0.25, -0.2) is 0 Å². The first-order valence-electron chi connectivity index (χ1n) is 3.75. The van der Waals surface area contributed by atoms with Crippen molar-refractivity contribution in [3.63, 3.8) is 0 Å². The molecule has 0 atom stereocenters. The molecule has 0 bridgehead atoms. The van der Waals surface area contributed by atoms with Gasteiger partial charge in [0.1, 0.15) is 0 Å². The van der Waals surface area contributed by atoms with E-state index in [1.54, 1.807) is 0 Å². The molecule has 0 saturated carbocycles. The van der Waals surface area contributed by atoms with Crippen molar-refractivity contribution < 1.29 is 0 Å². The standard InChI is InChI=1S/C10H12S/c1-2-8-11-9-10-6-4-3-5-7-10/h4-7H,1-2,8-9H2. The fourth-order valence-corrected chi connectivity index (χ4v) is 1.59. The molecule has 11 heavy (non-hydrogen) atoms. The molecule has 0 aliphatic heterocycles. The van der Waals surface area contributed by atoms with Crippen LogP contribution in [-0.2, 0) is 5.75 Å². The summed E-state index contributed by atoms with van der Waals surface area (Å²) in [6.07, 6.45) is 1.02. The third-order valence-corrected chi connectivity index (χ3v) is 2.46. The fourth-order valence-electron chi connectivity index (χ4n) is 0.810. The average molecular weight is 164 g/mol. The molecule has 0 spiro atoms. The Hall–Kier alpha value is -0.430. The largest absolute Gasteiger partial charge is 0.157 e. The van der Waals surface area contributed by atoms with Crippen molar-refractivity contribution in [3.05, 3.63) is 42.8 Å². The Balaban J connectivity index is 2.28. The van der Waals surface area contributed by atoms with Crippen molar-refractivity contribution in [2.45, 2.75) is 12.2 Å². The minimum Gasteiger partial charge on any atom is -0.157 e. The van der Waals surface area contributed by atoms with Crippen LogP contribution in [0.5, 0.6) is 0 Å². The van der Waals surface area contributed by atoms with Gasteiger partial charge in [0, 0.05) is 5.75 Å². The zero-order valence-electron chi connectivity index (χ0n) is 6.55. The van der Waals surface area contributed by atoms with Crippen LogP contribution in [0.4, 0.5) is 0 Å². The lowest BCUT2D eigenvalue weighted by Gasteiger charge is -1.98. The lowest BCUT2D eigenvalue weighted by atomic mass is 10.2. The minimum absolute atomic E-state index is 1.02. The fraction of sp³-hybridized carbons (Fsp3) is 0.300. The second-order valence-electron chi connectivity index (χ2n) is 2.31. The highest BCUT2D eigenvalue weighted by Gasteiger charge is 1.89. The molecule has 2 radical (unpaired) electrons. The Morgan fingerprint density at radius 2 is 2.09 bits per heavy atom. The van der Waals surface area contributed by atoms with E-state index in [0.29, 0.717) is 0 Å². The van der Waals surface area contributed by atoms with E-state index < -0.39 is 0 Å². The van der Waals surface area contributed by atoms with Gasteiger partial charge < -0.3 is 0 Å². The van der Waals surface area contributed by atoms with E-state index in [0.717, 1.165) is 17.9 Å². The van der Waals surface area contributed by atoms with Crippen molar-refractivity contribution in [2.75, 3.05) is 5.75 Å². The first kappa shape index (κ1) is 8.66. The Labute approximate surface area is 73.0 Å². The van der Waals surface area contributed by atoms with Gasteiger partial charge in [-0.05, 0) is 23.8 Å². The maximum Gasteiger partial charge on any atom is 0.0184 e. The summed E-state index contributed by atoms with van der Waals surface area (Å²) in [6, 6.07) is 11.1. The molecule has 0 saturated heterocycles. The van der Waals surface area contributed by atoms with Crippen molar-refractivity contribution in [3.8, 4) is 0 Å². The number of rotatable bonds is 4. The number of benzene rings is 1. The van der Waals surface area contributed by atoms with E-state index in [4.69, 9.17) is 0 Å². The maximum absolute atomic E-state index is 3.79. The smallest absolute Gasteiger partial charge is 0.0184 e. The molecule has 1 aromatic carbocycles. The molecule has 0 heterocycles. The molecule has 1 aromatic rings. The van der Waals surface area contributed by atoms with Gasteiger partial charge >= 0.3 is 0 Å². The summed E-state index contributed by atoms with van der Waals surface area (Å²) < 4.78 is 0. The molecule has 0 N–H and O–H groups in total. The Kier molecular flexibility index (Phi) is 4.14. The molecule has 0 nitrogen and oxygen atoms in total. The number of hydrogen-bond acceptors (Lipinski definition) is 1. The summed E-state index contributed by atoms with van der Waals surface area (Å²) >= 11 is 1.93. The van der Waals surface area contributed by atoms with Crippen LogP contribution >= 0.6 is 11.8 Å². The predicted octanol–water partition coefficient (Wildman–Crippen LogP) is 2.94. The Morgan fingerprint density at radius 1 is 1.36 bits per heavy atom. The highest BCUT2D eigenvalue weighted by atomic mass is 32.2. The van der Waals surface area contributed by atoms with Crippen LogP contribution in [0.1, 0.15) is 12.0 Å². The second-order valence-corrected chi connectivity index (χ2v) is 3.42. The molecule has 1 heteroatoms. The zero-order chi connectivity index (χ0) is 7.94. The molecule has 1 rings (SSSR count). The van der Waals surface area contributed by atoms with Crippen molar-refractivity contribution >= 4 is 11.8 Å². The molecule has 0 amide bonds. The van der Waals surface area contributed by atoms with Crippen LogP contribution in [0.2, 0.25) is 0 Å². The second kappa shape index (κ2) is 5.25. The molecule has 0 unspecified atom stereocenters. The van der Waals surface area contributed by atoms with Gasteiger partial charge in [0.05, 0.1) is 0 Å². The van der Waals surface area contributed by atoms with Gasteiger partial charge in [-0.15, -0.1) is 0 Å². The molecule has 0 aliphatic carbocycles. The first-order valence-corrected chi connectivity index (χ1v) is 4.91. The lowest BCUT2D eigenvalue weighted by Crippen LogP contribution is -1.80. The minimum atomic E-state index is 1.02. The topological polar surface area (TPSA) is 0 Å². The van der Waals surface area contributed by atoms with Gasteiger partial charge in [-0.1, -0.05) is 31.2 Å². The third-order valence-electron chi connectivity index (χ3n) is 1.34. The first-order chi connectivity index (χ1) is 5.43. The average Bonchev–Trinajstić information content (AvgIpc) is 2.07. The number of thioether (sulfide) groups is 1. The van der Waals surface area contributed by atoms with E-state index in [1.165, 1.54) is 5.56 Å². The van der Waals surface area contributed by atoms with Gasteiger partial charge in [-0.2, -0.15) is 11.8 Å². The highest BCUT2D eigenvalue weighted by molar-refractivity contribution is 7.98. The van der Waals surface area contributed by atoms with Crippen LogP contribution in [0, 0.1) is 13.0 Å². The monoisotopic (exact) mass is 164 g/mol. The van der Waals surface area contributed by atoms with Crippen molar-refractivity contribution in [2.24, 2.45) is 0 Å². The third kappa shape index (κ3) is 3.47. The van der Waals surface area contributed by atoms with Gasteiger partial charge in [0.2, 0.25) is 0 Å². The van der Waals surface area contributed by atoms with E-state index >= 15 is 0 Å². The SMILES string of the molecule is [CH2]CCSCc1cc[c]cc1. The van der Waals surface area contributed by atoms with Crippen LogP contribution in [0.15, 0.2) is 24.3 Å². The Bertz CT molecular complexity index is 181. The summed E-state index contributed by atoms with van der Waals surface area (Å²) in [5.41, 5.74) is 1.38. The Morgan fingerprint density at radius 3 is 2.73 bits per heavy atom. The normalized spacial score (nSPS) is 9.91. The van der Waals surface area contributed by atoms with Crippen LogP contribution in [0.3, 0.4) is 0 Å². The van der Waals surface area contributed by atoms with E-state index in [9.17, 15) is 0 Å². The molecule has 0 fully saturated rings. The predicted molar refractivity (Wildman–Crippen MR) is 51.4 cm³/mol. The summed E-state index contributed by atoms with van der Waals surface area (Å²) in [4.78, 5) is 0. The van der Waals surface area contributed by atoms with Crippen LogP contribution in [-0.4, -0.2) is 5.75 Å². The quantitative estimate of drug-likeness (QED) is 0.616. The highest BCUT2D eigenvalue weighted by Crippen LogP contribution is 2.11. The molecule has 0 aliphatic rings. The van der Waals surface area contributed by atoms with Crippen molar-refractivity contribution in [1.29, 1.82) is 0 Å².